The van der Waals surface area contributed by atoms with E-state index in [1.54, 1.807) is 23.9 Å². The molecule has 170 valence electrons. The van der Waals surface area contributed by atoms with E-state index in [1.807, 2.05) is 16.9 Å². The Morgan fingerprint density at radius 2 is 2.09 bits per heavy atom. The van der Waals surface area contributed by atoms with Crippen LogP contribution in [-0.2, 0) is 30.7 Å². The molecular weight excluding hydrogens is 411 g/mol. The van der Waals surface area contributed by atoms with Gasteiger partial charge in [-0.25, -0.2) is 18.7 Å². The van der Waals surface area contributed by atoms with E-state index in [0.717, 1.165) is 54.9 Å². The quantitative estimate of drug-likeness (QED) is 0.410. The van der Waals surface area contributed by atoms with E-state index < -0.39 is 0 Å². The van der Waals surface area contributed by atoms with Crippen LogP contribution in [0.25, 0.3) is 5.69 Å². The van der Waals surface area contributed by atoms with Crippen molar-refractivity contribution in [3.63, 3.8) is 0 Å². The summed E-state index contributed by atoms with van der Waals surface area (Å²) in [6.07, 6.45) is 4.43. The molecule has 0 aliphatic carbocycles. The number of guanidine groups is 1. The number of methoxy groups -OCH3 is 1. The Labute approximate surface area is 186 Å². The highest BCUT2D eigenvalue weighted by Crippen LogP contribution is 2.14. The van der Waals surface area contributed by atoms with Gasteiger partial charge in [0.15, 0.2) is 11.8 Å². The zero-order valence-corrected chi connectivity index (χ0v) is 18.5. The summed E-state index contributed by atoms with van der Waals surface area (Å²) < 4.78 is 22.0. The number of rotatable bonds is 8. The van der Waals surface area contributed by atoms with Crippen molar-refractivity contribution in [2.45, 2.75) is 45.4 Å². The Bertz CT molecular complexity index is 1040. The molecule has 1 unspecified atom stereocenters. The van der Waals surface area contributed by atoms with Crippen molar-refractivity contribution in [1.82, 2.24) is 35.2 Å². The summed E-state index contributed by atoms with van der Waals surface area (Å²) in [5.41, 5.74) is 1.76. The Morgan fingerprint density at radius 3 is 2.88 bits per heavy atom. The maximum atomic E-state index is 13.1. The summed E-state index contributed by atoms with van der Waals surface area (Å²) in [7, 11) is 1.65. The van der Waals surface area contributed by atoms with Gasteiger partial charge in [-0.15, -0.1) is 0 Å². The maximum Gasteiger partial charge on any atom is 0.191 e. The van der Waals surface area contributed by atoms with Gasteiger partial charge in [-0.1, -0.05) is 0 Å². The van der Waals surface area contributed by atoms with Gasteiger partial charge < -0.3 is 15.4 Å². The highest BCUT2D eigenvalue weighted by atomic mass is 19.1. The number of ether oxygens (including phenoxy) is 1. The molecule has 9 nitrogen and oxygen atoms in total. The van der Waals surface area contributed by atoms with Crippen LogP contribution in [0, 0.1) is 5.82 Å². The second kappa shape index (κ2) is 10.4. The molecule has 1 aliphatic rings. The molecule has 1 atom stereocenters. The lowest BCUT2D eigenvalue weighted by atomic mass is 10.1. The van der Waals surface area contributed by atoms with Crippen molar-refractivity contribution < 1.29 is 9.13 Å². The molecule has 2 N–H and O–H groups in total. The molecule has 1 aromatic carbocycles. The Hall–Kier alpha value is -3.27. The van der Waals surface area contributed by atoms with Crippen molar-refractivity contribution in [3.8, 4) is 5.69 Å². The van der Waals surface area contributed by atoms with Crippen LogP contribution in [0.5, 0.6) is 0 Å². The molecule has 2 aromatic heterocycles. The summed E-state index contributed by atoms with van der Waals surface area (Å²) >= 11 is 0. The summed E-state index contributed by atoms with van der Waals surface area (Å²) in [4.78, 5) is 9.24. The van der Waals surface area contributed by atoms with Gasteiger partial charge in [0.05, 0.1) is 17.9 Å². The van der Waals surface area contributed by atoms with Crippen LogP contribution in [0.4, 0.5) is 4.39 Å². The van der Waals surface area contributed by atoms with Crippen molar-refractivity contribution in [2.75, 3.05) is 20.2 Å². The third kappa shape index (κ3) is 5.50. The number of nitrogens with zero attached hydrogens (tertiary/aromatic N) is 6. The minimum Gasteiger partial charge on any atom is -0.377 e. The predicted molar refractivity (Wildman–Crippen MR) is 119 cm³/mol. The molecule has 3 heterocycles. The Kier molecular flexibility index (Phi) is 7.10. The summed E-state index contributed by atoms with van der Waals surface area (Å²) in [5, 5.41) is 15.9. The van der Waals surface area contributed by atoms with E-state index in [1.165, 1.54) is 12.1 Å². The lowest BCUT2D eigenvalue weighted by molar-refractivity contribution is 0.177. The number of aryl methyl sites for hydroxylation is 1. The molecule has 0 saturated carbocycles. The van der Waals surface area contributed by atoms with Gasteiger partial charge in [-0.3, -0.25) is 4.99 Å². The first-order chi connectivity index (χ1) is 15.6. The van der Waals surface area contributed by atoms with Crippen LogP contribution in [0.3, 0.4) is 0 Å². The Morgan fingerprint density at radius 1 is 1.25 bits per heavy atom. The van der Waals surface area contributed by atoms with Crippen molar-refractivity contribution in [3.05, 3.63) is 59.7 Å². The van der Waals surface area contributed by atoms with Gasteiger partial charge in [0.2, 0.25) is 0 Å². The monoisotopic (exact) mass is 440 g/mol. The number of nitrogens with one attached hydrogen (secondary N) is 2. The molecule has 0 amide bonds. The van der Waals surface area contributed by atoms with Crippen LogP contribution in [0.1, 0.15) is 30.7 Å². The van der Waals surface area contributed by atoms with E-state index >= 15 is 0 Å². The van der Waals surface area contributed by atoms with Crippen LogP contribution >= 0.6 is 0 Å². The molecule has 4 rings (SSSR count). The van der Waals surface area contributed by atoms with E-state index in [0.29, 0.717) is 19.6 Å². The van der Waals surface area contributed by atoms with Crippen LogP contribution in [0.2, 0.25) is 0 Å². The molecule has 0 saturated heterocycles. The number of aromatic nitrogens is 5. The lowest BCUT2D eigenvalue weighted by Gasteiger charge is -2.25. The smallest absolute Gasteiger partial charge is 0.191 e. The molecule has 32 heavy (non-hydrogen) atoms. The standard InChI is InChI=1S/C22H29FN8O/c1-3-24-22(26-18-6-9-21-27-20(15-32-2)29-31(21)14-18)25-12-10-17-11-13-30(28-17)19-7-4-16(23)5-8-19/h4-5,7-8,11,13,18H,3,6,9-10,12,14-15H2,1-2H3,(H2,24,25,26). The van der Waals surface area contributed by atoms with E-state index in [4.69, 9.17) is 9.73 Å². The first kappa shape index (κ1) is 21.9. The fourth-order valence-corrected chi connectivity index (χ4v) is 3.70. The average Bonchev–Trinajstić information content (AvgIpc) is 3.41. The van der Waals surface area contributed by atoms with E-state index in [-0.39, 0.29) is 11.9 Å². The molecule has 3 aromatic rings. The summed E-state index contributed by atoms with van der Waals surface area (Å²) in [6, 6.07) is 8.48. The van der Waals surface area contributed by atoms with Gasteiger partial charge in [-0.2, -0.15) is 10.2 Å². The van der Waals surface area contributed by atoms with Crippen molar-refractivity contribution in [2.24, 2.45) is 4.99 Å². The number of aliphatic imine (C=N–C) groups is 1. The number of hydrogen-bond donors (Lipinski definition) is 2. The van der Waals surface area contributed by atoms with Gasteiger partial charge in [0.1, 0.15) is 18.2 Å². The molecule has 1 aliphatic heterocycles. The average molecular weight is 441 g/mol. The van der Waals surface area contributed by atoms with Gasteiger partial charge in [0, 0.05) is 45.3 Å². The molecular formula is C22H29FN8O. The lowest BCUT2D eigenvalue weighted by Crippen LogP contribution is -2.47. The molecule has 0 spiro atoms. The number of benzene rings is 1. The van der Waals surface area contributed by atoms with Gasteiger partial charge >= 0.3 is 0 Å². The van der Waals surface area contributed by atoms with E-state index in [2.05, 4.69) is 32.7 Å². The highest BCUT2D eigenvalue weighted by Gasteiger charge is 2.22. The van der Waals surface area contributed by atoms with E-state index in [9.17, 15) is 4.39 Å². The molecule has 10 heteroatoms. The number of halogens is 1. The summed E-state index contributed by atoms with van der Waals surface area (Å²) in [6.45, 7) is 4.62. The zero-order chi connectivity index (χ0) is 22.3. The normalized spacial score (nSPS) is 16.1. The summed E-state index contributed by atoms with van der Waals surface area (Å²) in [5.74, 6) is 2.26. The minimum atomic E-state index is -0.257. The second-order valence-corrected chi connectivity index (χ2v) is 7.68. The van der Waals surface area contributed by atoms with Crippen LogP contribution in [-0.4, -0.2) is 56.7 Å². The van der Waals surface area contributed by atoms with Crippen molar-refractivity contribution >= 4 is 5.96 Å². The predicted octanol–water partition coefficient (Wildman–Crippen LogP) is 1.86. The molecule has 0 radical (unpaired) electrons. The first-order valence-corrected chi connectivity index (χ1v) is 10.9. The number of fused-ring (bicyclic) bond motifs is 1. The minimum absolute atomic E-state index is 0.232. The van der Waals surface area contributed by atoms with Crippen LogP contribution < -0.4 is 10.6 Å². The van der Waals surface area contributed by atoms with Gasteiger partial charge in [0.25, 0.3) is 0 Å². The second-order valence-electron chi connectivity index (χ2n) is 7.68. The molecule has 0 bridgehead atoms. The van der Waals surface area contributed by atoms with Crippen LogP contribution in [0.15, 0.2) is 41.5 Å². The third-order valence-corrected chi connectivity index (χ3v) is 5.23. The number of hydrogen-bond acceptors (Lipinski definition) is 5. The fourth-order valence-electron chi connectivity index (χ4n) is 3.70. The SMILES string of the molecule is CCNC(=NCCc1ccn(-c2ccc(F)cc2)n1)NC1CCc2nc(COC)nn2C1. The first-order valence-electron chi connectivity index (χ1n) is 10.9. The fraction of sp³-hybridized carbons (Fsp3) is 0.455. The molecule has 0 fully saturated rings. The van der Waals surface area contributed by atoms with Gasteiger partial charge in [-0.05, 0) is 43.7 Å². The third-order valence-electron chi connectivity index (χ3n) is 5.23. The Balaban J connectivity index is 1.33. The largest absolute Gasteiger partial charge is 0.377 e. The topological polar surface area (TPSA) is 94.2 Å². The highest BCUT2D eigenvalue weighted by molar-refractivity contribution is 5.80. The van der Waals surface area contributed by atoms with Crippen molar-refractivity contribution in [1.29, 1.82) is 0 Å². The zero-order valence-electron chi connectivity index (χ0n) is 18.5. The maximum absolute atomic E-state index is 13.1.